The van der Waals surface area contributed by atoms with E-state index in [-0.39, 0.29) is 11.5 Å². The summed E-state index contributed by atoms with van der Waals surface area (Å²) in [5, 5.41) is 7.30. The standard InChI is InChI=1S/C22H33N3O3.C9H13NO2/c1-6-24(3)22(7-9-23-10-8-22)20-11-16(2)21-17(14-25(20)15-26)12-18(27-4)13-19(21)28-5;1-3-4-9-8(6-11)5-7(2)10-12-9/h11-13,15-16,23H,6-10,14H2,1-5H3;6H,3-5H2,1-2H3/t16-;/m0./s1. The maximum Gasteiger partial charge on any atom is 0.214 e. The van der Waals surface area contributed by atoms with Crippen LogP contribution in [0, 0.1) is 0 Å². The van der Waals surface area contributed by atoms with Gasteiger partial charge in [-0.25, -0.2) is 0 Å². The van der Waals surface area contributed by atoms with Crippen LogP contribution in [0.15, 0.2) is 40.4 Å². The van der Waals surface area contributed by atoms with Gasteiger partial charge in [-0.15, -0.1) is 0 Å². The van der Waals surface area contributed by atoms with Crippen molar-refractivity contribution in [3.63, 3.8) is 0 Å². The number of benzene rings is 1. The Hall–Kier alpha value is -3.17. The van der Waals surface area contributed by atoms with Gasteiger partial charge < -0.3 is 24.5 Å². The van der Waals surface area contributed by atoms with E-state index in [1.54, 1.807) is 14.2 Å². The molecule has 1 N–H and O–H groups in total. The second kappa shape index (κ2) is 14.5. The molecule has 1 saturated heterocycles. The van der Waals surface area contributed by atoms with Crippen molar-refractivity contribution >= 4 is 18.4 Å². The van der Waals surface area contributed by atoms with Gasteiger partial charge in [-0.2, -0.15) is 0 Å². The topological polar surface area (TPSA) is 92.7 Å². The second-order valence-electron chi connectivity index (χ2n) is 10.7. The summed E-state index contributed by atoms with van der Waals surface area (Å²) in [6.07, 6.45) is 8.49. The molecular weight excluding hydrogens is 508 g/mol. The smallest absolute Gasteiger partial charge is 0.214 e. The van der Waals surface area contributed by atoms with E-state index in [1.807, 2.05) is 30.9 Å². The molecule has 0 unspecified atom stereocenters. The van der Waals surface area contributed by atoms with Crippen LogP contribution in [-0.4, -0.2) is 74.6 Å². The summed E-state index contributed by atoms with van der Waals surface area (Å²) in [5.41, 5.74) is 4.77. The van der Waals surface area contributed by atoms with Gasteiger partial charge in [-0.3, -0.25) is 14.5 Å². The quantitative estimate of drug-likeness (QED) is 0.440. The first-order chi connectivity index (χ1) is 19.3. The molecule has 0 aromatic heterocycles. The fourth-order valence-corrected chi connectivity index (χ4v) is 5.91. The molecule has 3 aliphatic rings. The van der Waals surface area contributed by atoms with E-state index >= 15 is 0 Å². The van der Waals surface area contributed by atoms with Crippen LogP contribution in [0.2, 0.25) is 0 Å². The van der Waals surface area contributed by atoms with Gasteiger partial charge in [0.25, 0.3) is 0 Å². The molecule has 0 bridgehead atoms. The molecule has 1 aromatic rings. The number of carbonyl (C=O) groups is 2. The average molecular weight is 555 g/mol. The molecule has 3 heterocycles. The van der Waals surface area contributed by atoms with E-state index in [2.05, 4.69) is 42.3 Å². The van der Waals surface area contributed by atoms with Gasteiger partial charge >= 0.3 is 0 Å². The van der Waals surface area contributed by atoms with Crippen molar-refractivity contribution < 1.29 is 23.9 Å². The lowest BCUT2D eigenvalue weighted by molar-refractivity contribution is -0.118. The number of ether oxygens (including phenoxy) is 2. The van der Waals surface area contributed by atoms with Crippen LogP contribution >= 0.6 is 0 Å². The van der Waals surface area contributed by atoms with Crippen LogP contribution in [0.25, 0.3) is 0 Å². The number of rotatable bonds is 9. The zero-order valence-corrected chi connectivity index (χ0v) is 25.2. The highest BCUT2D eigenvalue weighted by atomic mass is 16.6. The number of amides is 1. The Bertz CT molecular complexity index is 1140. The Morgan fingerprint density at radius 2 is 1.93 bits per heavy atom. The number of likely N-dealkylation sites (N-methyl/N-ethyl adjacent to an activating group) is 1. The number of methoxy groups -OCH3 is 2. The fraction of sp³-hybridized carbons (Fsp3) is 0.581. The average Bonchev–Trinajstić information content (AvgIpc) is 3.13. The van der Waals surface area contributed by atoms with Crippen molar-refractivity contribution in [3.8, 4) is 11.5 Å². The molecule has 0 aliphatic carbocycles. The Morgan fingerprint density at radius 3 is 2.50 bits per heavy atom. The highest BCUT2D eigenvalue weighted by molar-refractivity contribution is 5.91. The highest BCUT2D eigenvalue weighted by Crippen LogP contribution is 2.43. The number of fused-ring (bicyclic) bond motifs is 1. The number of nitrogens with zero attached hydrogens (tertiary/aromatic N) is 3. The first kappa shape index (κ1) is 31.4. The van der Waals surface area contributed by atoms with Crippen molar-refractivity contribution in [2.75, 3.05) is 40.9 Å². The van der Waals surface area contributed by atoms with E-state index < -0.39 is 0 Å². The molecule has 40 heavy (non-hydrogen) atoms. The minimum Gasteiger partial charge on any atom is -0.497 e. The SMILES string of the molecule is CCCC1=C(C=O)CC(C)=NO1.CCN(C)C1(C2=C[C@H](C)c3c(cc(OC)cc3OC)CN2C=O)CCNCC1. The maximum atomic E-state index is 12.2. The molecule has 4 rings (SSSR count). The molecule has 0 spiro atoms. The van der Waals surface area contributed by atoms with E-state index in [4.69, 9.17) is 14.3 Å². The predicted molar refractivity (Wildman–Crippen MR) is 158 cm³/mol. The molecule has 1 atom stereocenters. The summed E-state index contributed by atoms with van der Waals surface area (Å²) >= 11 is 0. The van der Waals surface area contributed by atoms with Crippen molar-refractivity contribution in [3.05, 3.63) is 46.4 Å². The van der Waals surface area contributed by atoms with Gasteiger partial charge in [0.05, 0.1) is 32.0 Å². The zero-order chi connectivity index (χ0) is 29.3. The molecule has 9 nitrogen and oxygen atoms in total. The molecule has 3 aliphatic heterocycles. The molecule has 220 valence electrons. The monoisotopic (exact) mass is 554 g/mol. The molecule has 1 amide bonds. The van der Waals surface area contributed by atoms with E-state index in [0.29, 0.717) is 13.0 Å². The number of carbonyl (C=O) groups excluding carboxylic acids is 2. The minimum absolute atomic E-state index is 0.132. The summed E-state index contributed by atoms with van der Waals surface area (Å²) in [5.74, 6) is 2.43. The van der Waals surface area contributed by atoms with Crippen molar-refractivity contribution in [1.82, 2.24) is 15.1 Å². The molecular formula is C31H46N4O5. The summed E-state index contributed by atoms with van der Waals surface area (Å²) in [4.78, 5) is 32.2. The first-order valence-electron chi connectivity index (χ1n) is 14.3. The Balaban J connectivity index is 0.000000307. The molecule has 0 saturated carbocycles. The molecule has 9 heteroatoms. The number of aldehydes is 1. The van der Waals surface area contributed by atoms with Crippen LogP contribution in [0.3, 0.4) is 0 Å². The Labute approximate surface area is 239 Å². The van der Waals surface area contributed by atoms with Crippen LogP contribution in [-0.2, 0) is 21.0 Å². The fourth-order valence-electron chi connectivity index (χ4n) is 5.91. The van der Waals surface area contributed by atoms with Crippen molar-refractivity contribution in [2.24, 2.45) is 5.16 Å². The van der Waals surface area contributed by atoms with E-state index in [0.717, 1.165) is 103 Å². The number of nitrogens with one attached hydrogen (secondary N) is 1. The maximum absolute atomic E-state index is 12.2. The van der Waals surface area contributed by atoms with Gasteiger partial charge in [-0.1, -0.05) is 32.0 Å². The number of hydrogen-bond acceptors (Lipinski definition) is 8. The summed E-state index contributed by atoms with van der Waals surface area (Å²) in [6, 6.07) is 3.96. The molecule has 1 aromatic carbocycles. The van der Waals surface area contributed by atoms with Crippen LogP contribution in [0.1, 0.15) is 76.8 Å². The third-order valence-electron chi connectivity index (χ3n) is 8.15. The third kappa shape index (κ3) is 6.75. The normalized spacial score (nSPS) is 20.2. The Morgan fingerprint density at radius 1 is 1.20 bits per heavy atom. The third-order valence-corrected chi connectivity index (χ3v) is 8.15. The highest BCUT2D eigenvalue weighted by Gasteiger charge is 2.43. The first-order valence-corrected chi connectivity index (χ1v) is 14.3. The molecule has 0 radical (unpaired) electrons. The second-order valence-corrected chi connectivity index (χ2v) is 10.7. The lowest BCUT2D eigenvalue weighted by atomic mass is 9.81. The predicted octanol–water partition coefficient (Wildman–Crippen LogP) is 4.77. The van der Waals surface area contributed by atoms with Crippen LogP contribution in [0.4, 0.5) is 0 Å². The summed E-state index contributed by atoms with van der Waals surface area (Å²) in [7, 11) is 5.51. The van der Waals surface area contributed by atoms with Crippen LogP contribution in [0.5, 0.6) is 11.5 Å². The lowest BCUT2D eigenvalue weighted by Crippen LogP contribution is -2.57. The number of piperidine rings is 1. The van der Waals surface area contributed by atoms with Crippen LogP contribution < -0.4 is 14.8 Å². The van der Waals surface area contributed by atoms with Gasteiger partial charge in [0, 0.05) is 41.7 Å². The van der Waals surface area contributed by atoms with Gasteiger partial charge in [0.15, 0.2) is 0 Å². The largest absolute Gasteiger partial charge is 0.497 e. The van der Waals surface area contributed by atoms with E-state index in [9.17, 15) is 9.59 Å². The van der Waals surface area contributed by atoms with E-state index in [1.165, 1.54) is 0 Å². The number of hydrogen-bond donors (Lipinski definition) is 1. The summed E-state index contributed by atoms with van der Waals surface area (Å²) in [6.45, 7) is 11.6. The summed E-state index contributed by atoms with van der Waals surface area (Å²) < 4.78 is 11.2. The van der Waals surface area contributed by atoms with Crippen molar-refractivity contribution in [2.45, 2.75) is 77.8 Å². The number of allylic oxidation sites excluding steroid dienone is 3. The molecule has 1 fully saturated rings. The van der Waals surface area contributed by atoms with Gasteiger partial charge in [0.2, 0.25) is 6.41 Å². The van der Waals surface area contributed by atoms with Crippen molar-refractivity contribution in [1.29, 1.82) is 0 Å². The van der Waals surface area contributed by atoms with Gasteiger partial charge in [0.1, 0.15) is 23.5 Å². The number of oxime groups is 1. The minimum atomic E-state index is -0.144. The zero-order valence-electron chi connectivity index (χ0n) is 25.2. The lowest BCUT2D eigenvalue weighted by Gasteiger charge is -2.48. The Kier molecular flexibility index (Phi) is 11.3. The van der Waals surface area contributed by atoms with Gasteiger partial charge in [-0.05, 0) is 64.5 Å².